The van der Waals surface area contributed by atoms with E-state index in [4.69, 9.17) is 9.47 Å². The Morgan fingerprint density at radius 2 is 1.71 bits per heavy atom. The van der Waals surface area contributed by atoms with Crippen LogP contribution >= 0.6 is 0 Å². The summed E-state index contributed by atoms with van der Waals surface area (Å²) in [6.07, 6.45) is 4.07. The van der Waals surface area contributed by atoms with E-state index in [1.54, 1.807) is 61.8 Å². The lowest BCUT2D eigenvalue weighted by molar-refractivity contribution is -0.139. The van der Waals surface area contributed by atoms with Gasteiger partial charge in [-0.2, -0.15) is 0 Å². The number of nitrogens with one attached hydrogen (secondary N) is 1. The number of alkyl carbamates (subject to hydrolysis) is 1. The van der Waals surface area contributed by atoms with E-state index in [1.165, 1.54) is 7.11 Å². The number of hydrogen-bond donors (Lipinski definition) is 2. The molecule has 3 aromatic rings. The molecule has 0 bridgehead atoms. The van der Waals surface area contributed by atoms with Crippen molar-refractivity contribution in [2.45, 2.75) is 19.6 Å². The van der Waals surface area contributed by atoms with Gasteiger partial charge in [0, 0.05) is 12.4 Å². The van der Waals surface area contributed by atoms with E-state index >= 15 is 0 Å². The zero-order chi connectivity index (χ0) is 25.2. The number of nitrogens with zero attached hydrogens (tertiary/aromatic N) is 1. The first kappa shape index (κ1) is 25.2. The molecule has 0 fully saturated rings. The fraction of sp³-hybridized carbons (Fsp3) is 0.185. The van der Waals surface area contributed by atoms with Crippen LogP contribution < -0.4 is 5.32 Å². The maximum absolute atomic E-state index is 12.8. The highest BCUT2D eigenvalue weighted by Gasteiger charge is 2.24. The number of aromatic nitrogens is 1. The van der Waals surface area contributed by atoms with Crippen molar-refractivity contribution >= 4 is 23.6 Å². The molecule has 2 aromatic carbocycles. The maximum atomic E-state index is 12.8. The number of amides is 1. The summed E-state index contributed by atoms with van der Waals surface area (Å²) in [4.78, 5) is 40.5. The number of hydrogen-bond acceptors (Lipinski definition) is 6. The van der Waals surface area contributed by atoms with Gasteiger partial charge in [0.1, 0.15) is 6.61 Å². The van der Waals surface area contributed by atoms with Crippen molar-refractivity contribution in [1.29, 1.82) is 0 Å². The minimum Gasteiger partial charge on any atom is -0.481 e. The Morgan fingerprint density at radius 1 is 1.00 bits per heavy atom. The molecule has 1 unspecified atom stereocenters. The monoisotopic (exact) mass is 474 g/mol. The van der Waals surface area contributed by atoms with Crippen LogP contribution in [0.15, 0.2) is 85.2 Å². The van der Waals surface area contributed by atoms with E-state index in [0.717, 1.165) is 5.56 Å². The molecule has 3 rings (SSSR count). The van der Waals surface area contributed by atoms with Gasteiger partial charge >= 0.3 is 18.0 Å². The first-order valence-electron chi connectivity index (χ1n) is 10.9. The SMILES string of the molecule is COC(=O)c1ccc(C(NC(=O)OCc2ccccc2)/C(=C/[C@@H](C)C(=O)O)c2cccnc2)cc1. The lowest BCUT2D eigenvalue weighted by atomic mass is 9.90. The van der Waals surface area contributed by atoms with Gasteiger partial charge in [-0.05, 0) is 47.4 Å². The Morgan fingerprint density at radius 3 is 2.31 bits per heavy atom. The van der Waals surface area contributed by atoms with Crippen LogP contribution in [-0.4, -0.2) is 35.2 Å². The molecule has 0 aliphatic carbocycles. The molecule has 8 nitrogen and oxygen atoms in total. The average molecular weight is 475 g/mol. The van der Waals surface area contributed by atoms with Gasteiger partial charge in [-0.1, -0.05) is 54.6 Å². The van der Waals surface area contributed by atoms with Crippen LogP contribution in [0.4, 0.5) is 4.79 Å². The molecule has 8 heteroatoms. The van der Waals surface area contributed by atoms with Gasteiger partial charge in [0.2, 0.25) is 0 Å². The third-order valence-electron chi connectivity index (χ3n) is 5.27. The summed E-state index contributed by atoms with van der Waals surface area (Å²) in [7, 11) is 1.29. The van der Waals surface area contributed by atoms with E-state index in [-0.39, 0.29) is 6.61 Å². The smallest absolute Gasteiger partial charge is 0.408 e. The van der Waals surface area contributed by atoms with Gasteiger partial charge in [-0.3, -0.25) is 9.78 Å². The molecular weight excluding hydrogens is 448 g/mol. The Hall–Kier alpha value is -4.46. The molecule has 2 atom stereocenters. The first-order valence-corrected chi connectivity index (χ1v) is 10.9. The lowest BCUT2D eigenvalue weighted by Crippen LogP contribution is -2.30. The van der Waals surface area contributed by atoms with E-state index in [1.807, 2.05) is 30.3 Å². The minimum absolute atomic E-state index is 0.0676. The summed E-state index contributed by atoms with van der Waals surface area (Å²) in [5.41, 5.74) is 2.93. The number of carboxylic acids is 1. The highest BCUT2D eigenvalue weighted by molar-refractivity contribution is 5.89. The maximum Gasteiger partial charge on any atom is 0.408 e. The summed E-state index contributed by atoms with van der Waals surface area (Å²) in [6.45, 7) is 1.61. The van der Waals surface area contributed by atoms with Crippen molar-refractivity contribution in [2.24, 2.45) is 5.92 Å². The number of ether oxygens (including phenoxy) is 2. The van der Waals surface area contributed by atoms with Gasteiger partial charge in [0.05, 0.1) is 24.6 Å². The quantitative estimate of drug-likeness (QED) is 0.434. The highest BCUT2D eigenvalue weighted by Crippen LogP contribution is 2.32. The zero-order valence-electron chi connectivity index (χ0n) is 19.4. The molecule has 0 radical (unpaired) electrons. The van der Waals surface area contributed by atoms with Crippen LogP contribution in [0, 0.1) is 5.92 Å². The Kier molecular flexibility index (Phi) is 8.72. The Labute approximate surface area is 203 Å². The highest BCUT2D eigenvalue weighted by atomic mass is 16.5. The van der Waals surface area contributed by atoms with Gasteiger partial charge in [0.25, 0.3) is 0 Å². The van der Waals surface area contributed by atoms with Crippen molar-refractivity contribution in [3.63, 3.8) is 0 Å². The fourth-order valence-corrected chi connectivity index (χ4v) is 3.39. The second-order valence-electron chi connectivity index (χ2n) is 7.74. The number of carboxylic acid groups (broad SMARTS) is 1. The lowest BCUT2D eigenvalue weighted by Gasteiger charge is -2.24. The molecule has 2 N–H and O–H groups in total. The molecular formula is C27H26N2O6. The number of carbonyl (C=O) groups excluding carboxylic acids is 2. The average Bonchev–Trinajstić information content (AvgIpc) is 2.90. The van der Waals surface area contributed by atoms with E-state index in [0.29, 0.717) is 22.3 Å². The normalized spacial score (nSPS) is 12.8. The van der Waals surface area contributed by atoms with E-state index in [2.05, 4.69) is 10.3 Å². The second kappa shape index (κ2) is 12.1. The molecule has 1 amide bonds. The molecule has 0 aliphatic rings. The number of esters is 1. The standard InChI is InChI=1S/C27H26N2O6/c1-18(25(30)31)15-23(22-9-6-14-28-16-22)24(20-10-12-21(13-11-20)26(32)34-2)29-27(33)35-17-19-7-4-3-5-8-19/h3-16,18,24H,17H2,1-2H3,(H,29,33)(H,30,31)/b23-15+/t18-,24?/m1/s1. The van der Waals surface area contributed by atoms with Gasteiger partial charge in [-0.15, -0.1) is 0 Å². The van der Waals surface area contributed by atoms with E-state index < -0.39 is 30.0 Å². The summed E-state index contributed by atoms with van der Waals surface area (Å²) in [6, 6.07) is 18.4. The number of benzene rings is 2. The fourth-order valence-electron chi connectivity index (χ4n) is 3.39. The predicted molar refractivity (Wildman–Crippen MR) is 129 cm³/mol. The summed E-state index contributed by atoms with van der Waals surface area (Å²) >= 11 is 0. The van der Waals surface area contributed by atoms with Crippen LogP contribution in [-0.2, 0) is 20.9 Å². The number of aliphatic carboxylic acids is 1. The molecule has 35 heavy (non-hydrogen) atoms. The molecule has 0 spiro atoms. The Balaban J connectivity index is 1.98. The van der Waals surface area contributed by atoms with Gasteiger partial charge in [-0.25, -0.2) is 9.59 Å². The topological polar surface area (TPSA) is 115 Å². The number of pyridine rings is 1. The number of methoxy groups -OCH3 is 1. The van der Waals surface area contributed by atoms with Crippen molar-refractivity contribution in [3.8, 4) is 0 Å². The Bertz CT molecular complexity index is 1180. The summed E-state index contributed by atoms with van der Waals surface area (Å²) in [5, 5.41) is 12.4. The molecule has 0 saturated heterocycles. The first-order chi connectivity index (χ1) is 16.9. The number of carbonyl (C=O) groups is 3. The molecule has 0 saturated carbocycles. The van der Waals surface area contributed by atoms with Gasteiger partial charge < -0.3 is 19.9 Å². The summed E-state index contributed by atoms with van der Waals surface area (Å²) < 4.78 is 10.2. The molecule has 0 aliphatic heterocycles. The van der Waals surface area contributed by atoms with Crippen LogP contribution in [0.5, 0.6) is 0 Å². The van der Waals surface area contributed by atoms with Gasteiger partial charge in [0.15, 0.2) is 0 Å². The van der Waals surface area contributed by atoms with Crippen LogP contribution in [0.25, 0.3) is 5.57 Å². The van der Waals surface area contributed by atoms with Crippen LogP contribution in [0.3, 0.4) is 0 Å². The van der Waals surface area contributed by atoms with Crippen LogP contribution in [0.2, 0.25) is 0 Å². The minimum atomic E-state index is -1.02. The second-order valence-corrected chi connectivity index (χ2v) is 7.74. The van der Waals surface area contributed by atoms with Crippen molar-refractivity contribution in [2.75, 3.05) is 7.11 Å². The van der Waals surface area contributed by atoms with Crippen molar-refractivity contribution < 1.29 is 29.0 Å². The largest absolute Gasteiger partial charge is 0.481 e. The third-order valence-corrected chi connectivity index (χ3v) is 5.27. The number of rotatable bonds is 9. The summed E-state index contributed by atoms with van der Waals surface area (Å²) in [5.74, 6) is -2.35. The van der Waals surface area contributed by atoms with E-state index in [9.17, 15) is 19.5 Å². The van der Waals surface area contributed by atoms with Crippen LogP contribution in [0.1, 0.15) is 40.0 Å². The predicted octanol–water partition coefficient (Wildman–Crippen LogP) is 4.64. The zero-order valence-corrected chi connectivity index (χ0v) is 19.4. The van der Waals surface area contributed by atoms with Crippen molar-refractivity contribution in [1.82, 2.24) is 10.3 Å². The third kappa shape index (κ3) is 7.01. The molecule has 180 valence electrons. The van der Waals surface area contributed by atoms with Crippen molar-refractivity contribution in [3.05, 3.63) is 107 Å². The molecule has 1 heterocycles. The molecule has 1 aromatic heterocycles.